The van der Waals surface area contributed by atoms with E-state index in [4.69, 9.17) is 0 Å². The van der Waals surface area contributed by atoms with E-state index in [2.05, 4.69) is 15.9 Å². The predicted octanol–water partition coefficient (Wildman–Crippen LogP) is 3.69. The molecule has 2 aromatic carbocycles. The van der Waals surface area contributed by atoms with Crippen molar-refractivity contribution in [2.24, 2.45) is 0 Å². The standard InChI is InChI=1S/C17H12BrNO2/c18-14-10-4-9-13-15(14)19(17(21)16(13)20)11-5-8-12-6-2-1-3-7-12/h1-10H,11H2. The third-order valence-corrected chi connectivity index (χ3v) is 3.98. The summed E-state index contributed by atoms with van der Waals surface area (Å²) in [4.78, 5) is 25.5. The molecule has 1 amide bonds. The molecule has 1 heterocycles. The number of halogens is 1. The predicted molar refractivity (Wildman–Crippen MR) is 86.3 cm³/mol. The summed E-state index contributed by atoms with van der Waals surface area (Å²) in [6.45, 7) is 0.370. The van der Waals surface area contributed by atoms with Crippen LogP contribution in [0.25, 0.3) is 6.08 Å². The van der Waals surface area contributed by atoms with Crippen LogP contribution in [0.2, 0.25) is 0 Å². The molecule has 0 spiro atoms. The maximum atomic E-state index is 12.1. The number of fused-ring (bicyclic) bond motifs is 1. The molecular weight excluding hydrogens is 330 g/mol. The Morgan fingerprint density at radius 1 is 1.00 bits per heavy atom. The molecule has 2 aromatic rings. The van der Waals surface area contributed by atoms with Gasteiger partial charge >= 0.3 is 0 Å². The summed E-state index contributed by atoms with van der Waals surface area (Å²) in [6.07, 6.45) is 3.82. The van der Waals surface area contributed by atoms with E-state index in [9.17, 15) is 9.59 Å². The minimum absolute atomic E-state index is 0.370. The highest BCUT2D eigenvalue weighted by atomic mass is 79.9. The normalized spacial score (nSPS) is 14.0. The minimum Gasteiger partial charge on any atom is -0.300 e. The zero-order valence-corrected chi connectivity index (χ0v) is 12.7. The fourth-order valence-corrected chi connectivity index (χ4v) is 2.93. The van der Waals surface area contributed by atoms with Gasteiger partial charge in [0.1, 0.15) is 0 Å². The molecule has 0 fully saturated rings. The average Bonchev–Trinajstić information content (AvgIpc) is 2.75. The SMILES string of the molecule is O=C1C(=O)N(CC=Cc2ccccc2)c2c(Br)cccc21. The number of Topliss-reactive ketones (excluding diaryl/α,β-unsaturated/α-hetero) is 1. The zero-order valence-electron chi connectivity index (χ0n) is 11.1. The van der Waals surface area contributed by atoms with Gasteiger partial charge in [-0.2, -0.15) is 0 Å². The number of benzene rings is 2. The van der Waals surface area contributed by atoms with Crippen molar-refractivity contribution in [1.82, 2.24) is 0 Å². The van der Waals surface area contributed by atoms with Crippen LogP contribution in [0, 0.1) is 0 Å². The van der Waals surface area contributed by atoms with Crippen LogP contribution in [0.1, 0.15) is 15.9 Å². The highest BCUT2D eigenvalue weighted by molar-refractivity contribution is 9.10. The number of amides is 1. The molecule has 0 radical (unpaired) electrons. The second-order valence-corrected chi connectivity index (χ2v) is 5.55. The Bertz CT molecular complexity index is 738. The summed E-state index contributed by atoms with van der Waals surface area (Å²) < 4.78 is 0.757. The van der Waals surface area contributed by atoms with E-state index < -0.39 is 11.7 Å². The van der Waals surface area contributed by atoms with Gasteiger partial charge in [0.2, 0.25) is 0 Å². The first-order valence-corrected chi connectivity index (χ1v) is 7.34. The number of carbonyl (C=O) groups is 2. The topological polar surface area (TPSA) is 37.4 Å². The van der Waals surface area contributed by atoms with Crippen LogP contribution in [-0.2, 0) is 4.79 Å². The number of hydrogen-bond acceptors (Lipinski definition) is 2. The van der Waals surface area contributed by atoms with Crippen molar-refractivity contribution >= 4 is 39.4 Å². The first kappa shape index (κ1) is 13.8. The van der Waals surface area contributed by atoms with Crippen LogP contribution in [0.15, 0.2) is 59.1 Å². The van der Waals surface area contributed by atoms with Crippen LogP contribution >= 0.6 is 15.9 Å². The Morgan fingerprint density at radius 2 is 1.76 bits per heavy atom. The molecule has 0 unspecified atom stereocenters. The monoisotopic (exact) mass is 341 g/mol. The Hall–Kier alpha value is -2.20. The van der Waals surface area contributed by atoms with Gasteiger partial charge in [-0.1, -0.05) is 48.6 Å². The molecule has 0 aliphatic carbocycles. The van der Waals surface area contributed by atoms with E-state index in [1.807, 2.05) is 48.6 Å². The van der Waals surface area contributed by atoms with Gasteiger partial charge in [-0.25, -0.2) is 0 Å². The van der Waals surface area contributed by atoms with Crippen molar-refractivity contribution in [2.75, 3.05) is 11.4 Å². The van der Waals surface area contributed by atoms with Crippen molar-refractivity contribution in [3.05, 3.63) is 70.2 Å². The fraction of sp³-hybridized carbons (Fsp3) is 0.0588. The Labute approximate surface area is 131 Å². The van der Waals surface area contributed by atoms with Crippen LogP contribution in [0.3, 0.4) is 0 Å². The van der Waals surface area contributed by atoms with Crippen LogP contribution in [0.4, 0.5) is 5.69 Å². The summed E-state index contributed by atoms with van der Waals surface area (Å²) in [5.41, 5.74) is 2.18. The smallest absolute Gasteiger partial charge is 0.299 e. The van der Waals surface area contributed by atoms with Crippen LogP contribution in [0.5, 0.6) is 0 Å². The van der Waals surface area contributed by atoms with Crippen molar-refractivity contribution in [3.8, 4) is 0 Å². The summed E-state index contributed by atoms with van der Waals surface area (Å²) in [5.74, 6) is -0.922. The molecule has 104 valence electrons. The van der Waals surface area contributed by atoms with Gasteiger partial charge in [0.05, 0.1) is 11.3 Å². The molecular formula is C17H12BrNO2. The number of carbonyl (C=O) groups excluding carboxylic acids is 2. The summed E-state index contributed by atoms with van der Waals surface area (Å²) >= 11 is 3.41. The fourth-order valence-electron chi connectivity index (χ4n) is 2.34. The number of hydrogen-bond donors (Lipinski definition) is 0. The number of para-hydroxylation sites is 1. The molecule has 0 saturated heterocycles. The summed E-state index contributed by atoms with van der Waals surface area (Å²) in [7, 11) is 0. The van der Waals surface area contributed by atoms with E-state index >= 15 is 0 Å². The van der Waals surface area contributed by atoms with E-state index in [-0.39, 0.29) is 0 Å². The van der Waals surface area contributed by atoms with Gasteiger partial charge in [0.15, 0.2) is 0 Å². The highest BCUT2D eigenvalue weighted by Gasteiger charge is 2.36. The summed E-state index contributed by atoms with van der Waals surface area (Å²) in [5, 5.41) is 0. The van der Waals surface area contributed by atoms with E-state index in [1.165, 1.54) is 4.90 Å². The number of ketones is 1. The first-order chi connectivity index (χ1) is 10.2. The zero-order chi connectivity index (χ0) is 14.8. The largest absolute Gasteiger partial charge is 0.300 e. The molecule has 0 saturated carbocycles. The van der Waals surface area contributed by atoms with Gasteiger partial charge < -0.3 is 0 Å². The maximum absolute atomic E-state index is 12.1. The molecule has 0 N–H and O–H groups in total. The average molecular weight is 342 g/mol. The van der Waals surface area contributed by atoms with Gasteiger partial charge in [-0.3, -0.25) is 14.5 Å². The lowest BCUT2D eigenvalue weighted by atomic mass is 10.1. The third kappa shape index (κ3) is 2.54. The third-order valence-electron chi connectivity index (χ3n) is 3.34. The van der Waals surface area contributed by atoms with Crippen LogP contribution in [-0.4, -0.2) is 18.2 Å². The summed E-state index contributed by atoms with van der Waals surface area (Å²) in [6, 6.07) is 15.1. The van der Waals surface area contributed by atoms with Gasteiger partial charge in [-0.05, 0) is 33.6 Å². The molecule has 1 aliphatic rings. The number of rotatable bonds is 3. The lowest BCUT2D eigenvalue weighted by Crippen LogP contribution is -2.29. The second-order valence-electron chi connectivity index (χ2n) is 4.69. The van der Waals surface area contributed by atoms with Gasteiger partial charge in [0, 0.05) is 11.0 Å². The molecule has 0 atom stereocenters. The van der Waals surface area contributed by atoms with Gasteiger partial charge in [-0.15, -0.1) is 0 Å². The minimum atomic E-state index is -0.477. The van der Waals surface area contributed by atoms with E-state index in [0.717, 1.165) is 10.0 Å². The quantitative estimate of drug-likeness (QED) is 0.798. The maximum Gasteiger partial charge on any atom is 0.299 e. The molecule has 3 rings (SSSR count). The van der Waals surface area contributed by atoms with Crippen molar-refractivity contribution < 1.29 is 9.59 Å². The van der Waals surface area contributed by atoms with E-state index in [1.54, 1.807) is 12.1 Å². The van der Waals surface area contributed by atoms with Crippen molar-refractivity contribution in [3.63, 3.8) is 0 Å². The number of anilines is 1. The van der Waals surface area contributed by atoms with Crippen LogP contribution < -0.4 is 4.90 Å². The highest BCUT2D eigenvalue weighted by Crippen LogP contribution is 2.35. The lowest BCUT2D eigenvalue weighted by molar-refractivity contribution is -0.114. The second kappa shape index (κ2) is 5.66. The van der Waals surface area contributed by atoms with Crippen molar-refractivity contribution in [2.45, 2.75) is 0 Å². The molecule has 1 aliphatic heterocycles. The number of nitrogens with zero attached hydrogens (tertiary/aromatic N) is 1. The lowest BCUT2D eigenvalue weighted by Gasteiger charge is -2.15. The Morgan fingerprint density at radius 3 is 2.52 bits per heavy atom. The first-order valence-electron chi connectivity index (χ1n) is 6.55. The molecule has 0 bridgehead atoms. The van der Waals surface area contributed by atoms with E-state index in [0.29, 0.717) is 17.8 Å². The molecule has 4 heteroatoms. The Balaban J connectivity index is 1.86. The van der Waals surface area contributed by atoms with Crippen molar-refractivity contribution in [1.29, 1.82) is 0 Å². The molecule has 3 nitrogen and oxygen atoms in total. The Kier molecular flexibility index (Phi) is 3.71. The molecule has 21 heavy (non-hydrogen) atoms. The molecule has 0 aromatic heterocycles. The van der Waals surface area contributed by atoms with Gasteiger partial charge in [0.25, 0.3) is 11.7 Å².